The highest BCUT2D eigenvalue weighted by molar-refractivity contribution is 5.96. The number of fused-ring (bicyclic) bond motifs is 1. The average Bonchev–Trinajstić information content (AvgIpc) is 3.44. The smallest absolute Gasteiger partial charge is 0.233 e. The minimum atomic E-state index is -0.0308. The van der Waals surface area contributed by atoms with Gasteiger partial charge in [0.25, 0.3) is 0 Å². The molecule has 5 heteroatoms. The van der Waals surface area contributed by atoms with Crippen LogP contribution in [0.15, 0.2) is 54.9 Å². The molecular formula is C23H24N4O. The van der Waals surface area contributed by atoms with Gasteiger partial charge in [-0.05, 0) is 44.2 Å². The number of amides is 1. The number of aryl methyl sites for hydroxylation is 2. The Labute approximate surface area is 165 Å². The fraction of sp³-hybridized carbons (Fsp3) is 0.348. The van der Waals surface area contributed by atoms with Crippen LogP contribution in [0.4, 0.5) is 5.95 Å². The SMILES string of the molecule is Cc1ccc([C@@H]2C[C@@H](c3ccc(C)cc3)n3ncnc3N2C(=O)C2CC2)cc1. The monoisotopic (exact) mass is 372 g/mol. The summed E-state index contributed by atoms with van der Waals surface area (Å²) in [6.45, 7) is 4.18. The molecule has 1 aromatic heterocycles. The van der Waals surface area contributed by atoms with Gasteiger partial charge in [-0.2, -0.15) is 10.1 Å². The lowest BCUT2D eigenvalue weighted by atomic mass is 9.91. The molecule has 0 N–H and O–H groups in total. The van der Waals surface area contributed by atoms with Crippen LogP contribution in [0.25, 0.3) is 0 Å². The summed E-state index contributed by atoms with van der Waals surface area (Å²) in [5.74, 6) is 0.982. The minimum absolute atomic E-state index is 0.0308. The summed E-state index contributed by atoms with van der Waals surface area (Å²) in [6.07, 6.45) is 4.32. The summed E-state index contributed by atoms with van der Waals surface area (Å²) in [6, 6.07) is 17.2. The van der Waals surface area contributed by atoms with Gasteiger partial charge in [-0.3, -0.25) is 9.69 Å². The zero-order valence-electron chi connectivity index (χ0n) is 16.2. The average molecular weight is 372 g/mol. The van der Waals surface area contributed by atoms with E-state index < -0.39 is 0 Å². The molecule has 0 spiro atoms. The second kappa shape index (κ2) is 6.59. The molecule has 0 bridgehead atoms. The first kappa shape index (κ1) is 17.2. The predicted molar refractivity (Wildman–Crippen MR) is 108 cm³/mol. The van der Waals surface area contributed by atoms with Crippen LogP contribution in [0.5, 0.6) is 0 Å². The van der Waals surface area contributed by atoms with Gasteiger partial charge in [-0.25, -0.2) is 4.68 Å². The normalized spacial score (nSPS) is 21.4. The van der Waals surface area contributed by atoms with Gasteiger partial charge in [-0.15, -0.1) is 0 Å². The number of carbonyl (C=O) groups excluding carboxylic acids is 1. The lowest BCUT2D eigenvalue weighted by Gasteiger charge is -2.39. The third-order valence-electron chi connectivity index (χ3n) is 5.91. The minimum Gasteiger partial charge on any atom is -0.274 e. The standard InChI is InChI=1S/C23H24N4O/c1-15-3-7-17(8-4-15)20-13-21(18-9-5-16(2)6-10-18)27-23(24-14-25-27)26(20)22(28)19-11-12-19/h3-10,14,19-21H,11-13H2,1-2H3/t20-,21-/m0/s1. The lowest BCUT2D eigenvalue weighted by Crippen LogP contribution is -2.43. The number of hydrogen-bond donors (Lipinski definition) is 0. The van der Waals surface area contributed by atoms with Gasteiger partial charge in [0.2, 0.25) is 11.9 Å². The topological polar surface area (TPSA) is 51.0 Å². The summed E-state index contributed by atoms with van der Waals surface area (Å²) in [4.78, 5) is 19.6. The number of hydrogen-bond acceptors (Lipinski definition) is 3. The van der Waals surface area contributed by atoms with Crippen LogP contribution in [-0.2, 0) is 4.79 Å². The number of aromatic nitrogens is 3. The summed E-state index contributed by atoms with van der Waals surface area (Å²) < 4.78 is 1.93. The van der Waals surface area contributed by atoms with Gasteiger partial charge < -0.3 is 0 Å². The fourth-order valence-electron chi connectivity index (χ4n) is 4.11. The first-order chi connectivity index (χ1) is 13.6. The van der Waals surface area contributed by atoms with E-state index in [4.69, 9.17) is 0 Å². The van der Waals surface area contributed by atoms with Crippen LogP contribution in [0.3, 0.4) is 0 Å². The van der Waals surface area contributed by atoms with Crippen molar-refractivity contribution in [2.24, 2.45) is 5.92 Å². The Morgan fingerprint density at radius 2 is 1.46 bits per heavy atom. The molecule has 2 atom stereocenters. The molecule has 2 aromatic carbocycles. The van der Waals surface area contributed by atoms with Crippen LogP contribution >= 0.6 is 0 Å². The number of carbonyl (C=O) groups is 1. The number of benzene rings is 2. The fourth-order valence-corrected chi connectivity index (χ4v) is 4.11. The van der Waals surface area contributed by atoms with Crippen molar-refractivity contribution in [2.75, 3.05) is 4.90 Å². The molecule has 1 saturated carbocycles. The Balaban J connectivity index is 1.62. The van der Waals surface area contributed by atoms with Crippen molar-refractivity contribution >= 4 is 11.9 Å². The third kappa shape index (κ3) is 2.91. The van der Waals surface area contributed by atoms with Crippen molar-refractivity contribution in [1.29, 1.82) is 0 Å². The van der Waals surface area contributed by atoms with E-state index in [1.54, 1.807) is 6.33 Å². The van der Waals surface area contributed by atoms with Crippen LogP contribution in [0.2, 0.25) is 0 Å². The highest BCUT2D eigenvalue weighted by Crippen LogP contribution is 2.44. The van der Waals surface area contributed by atoms with Crippen molar-refractivity contribution in [1.82, 2.24) is 14.8 Å². The Kier molecular flexibility index (Phi) is 4.04. The van der Waals surface area contributed by atoms with E-state index in [0.29, 0.717) is 5.95 Å². The van der Waals surface area contributed by atoms with E-state index in [1.165, 1.54) is 16.7 Å². The Morgan fingerprint density at radius 1 is 0.893 bits per heavy atom. The third-order valence-corrected chi connectivity index (χ3v) is 5.91. The molecule has 0 saturated heterocycles. The zero-order valence-corrected chi connectivity index (χ0v) is 16.2. The molecule has 0 radical (unpaired) electrons. The van der Waals surface area contributed by atoms with Crippen molar-refractivity contribution < 1.29 is 4.79 Å². The van der Waals surface area contributed by atoms with Crippen LogP contribution in [-0.4, -0.2) is 20.7 Å². The molecule has 142 valence electrons. The molecule has 0 unspecified atom stereocenters. The first-order valence-corrected chi connectivity index (χ1v) is 9.97. The van der Waals surface area contributed by atoms with Crippen LogP contribution in [0.1, 0.15) is 53.6 Å². The zero-order chi connectivity index (χ0) is 19.3. The highest BCUT2D eigenvalue weighted by Gasteiger charge is 2.44. The first-order valence-electron chi connectivity index (χ1n) is 9.97. The maximum atomic E-state index is 13.2. The maximum absolute atomic E-state index is 13.2. The maximum Gasteiger partial charge on any atom is 0.233 e. The van der Waals surface area contributed by atoms with E-state index >= 15 is 0 Å². The highest BCUT2D eigenvalue weighted by atomic mass is 16.2. The van der Waals surface area contributed by atoms with Crippen molar-refractivity contribution in [3.05, 3.63) is 77.1 Å². The quantitative estimate of drug-likeness (QED) is 0.686. The lowest BCUT2D eigenvalue weighted by molar-refractivity contribution is -0.120. The molecule has 5 rings (SSSR count). The van der Waals surface area contributed by atoms with Crippen LogP contribution in [0, 0.1) is 19.8 Å². The molecule has 2 heterocycles. The molecule has 1 fully saturated rings. The Morgan fingerprint density at radius 3 is 2.04 bits per heavy atom. The van der Waals surface area contributed by atoms with Gasteiger partial charge in [0.05, 0.1) is 12.1 Å². The molecular weight excluding hydrogens is 348 g/mol. The molecule has 28 heavy (non-hydrogen) atoms. The van der Waals surface area contributed by atoms with Gasteiger partial charge in [0.1, 0.15) is 6.33 Å². The molecule has 5 nitrogen and oxygen atoms in total. The van der Waals surface area contributed by atoms with Crippen LogP contribution < -0.4 is 4.90 Å². The van der Waals surface area contributed by atoms with E-state index in [2.05, 4.69) is 72.5 Å². The predicted octanol–water partition coefficient (Wildman–Crippen LogP) is 4.37. The van der Waals surface area contributed by atoms with Crippen molar-refractivity contribution in [3.8, 4) is 0 Å². The van der Waals surface area contributed by atoms with Gasteiger partial charge in [0, 0.05) is 5.92 Å². The van der Waals surface area contributed by atoms with Gasteiger partial charge in [-0.1, -0.05) is 59.7 Å². The van der Waals surface area contributed by atoms with Crippen molar-refractivity contribution in [3.63, 3.8) is 0 Å². The van der Waals surface area contributed by atoms with Gasteiger partial charge >= 0.3 is 0 Å². The van der Waals surface area contributed by atoms with Crippen molar-refractivity contribution in [2.45, 2.75) is 45.2 Å². The number of rotatable bonds is 3. The second-order valence-corrected chi connectivity index (χ2v) is 8.08. The Hall–Kier alpha value is -2.95. The second-order valence-electron chi connectivity index (χ2n) is 8.08. The summed E-state index contributed by atoms with van der Waals surface area (Å²) in [7, 11) is 0. The summed E-state index contributed by atoms with van der Waals surface area (Å²) >= 11 is 0. The molecule has 3 aromatic rings. The largest absolute Gasteiger partial charge is 0.274 e. The molecule has 1 amide bonds. The van der Waals surface area contributed by atoms with E-state index in [1.807, 2.05) is 9.58 Å². The summed E-state index contributed by atoms with van der Waals surface area (Å²) in [5, 5.41) is 4.50. The van der Waals surface area contributed by atoms with Gasteiger partial charge in [0.15, 0.2) is 0 Å². The molecule has 1 aliphatic heterocycles. The number of nitrogens with zero attached hydrogens (tertiary/aromatic N) is 4. The number of anilines is 1. The van der Waals surface area contributed by atoms with E-state index in [0.717, 1.165) is 24.8 Å². The van der Waals surface area contributed by atoms with E-state index in [9.17, 15) is 4.79 Å². The Bertz CT molecular complexity index is 1000. The van der Waals surface area contributed by atoms with E-state index in [-0.39, 0.29) is 23.9 Å². The summed E-state index contributed by atoms with van der Waals surface area (Å²) in [5.41, 5.74) is 4.82. The molecule has 2 aliphatic rings. The molecule has 1 aliphatic carbocycles.